The first-order valence-electron chi connectivity index (χ1n) is 12.0. The second-order valence-electron chi connectivity index (χ2n) is 8.45. The number of anilines is 1. The van der Waals surface area contributed by atoms with Gasteiger partial charge in [0.05, 0.1) is 35.7 Å². The number of aryl methyl sites for hydroxylation is 3. The minimum atomic E-state index is -0.335. The van der Waals surface area contributed by atoms with Gasteiger partial charge >= 0.3 is 5.97 Å². The van der Waals surface area contributed by atoms with Crippen molar-refractivity contribution in [2.24, 2.45) is 7.05 Å². The van der Waals surface area contributed by atoms with E-state index in [2.05, 4.69) is 6.07 Å². The number of fused-ring (bicyclic) bond motifs is 1. The van der Waals surface area contributed by atoms with E-state index in [4.69, 9.17) is 15.0 Å². The maximum absolute atomic E-state index is 13.5. The lowest BCUT2D eigenvalue weighted by molar-refractivity contribution is -0.142. The van der Waals surface area contributed by atoms with Gasteiger partial charge in [-0.25, -0.2) is 4.98 Å². The molecule has 0 N–H and O–H groups in total. The second-order valence-corrected chi connectivity index (χ2v) is 8.45. The summed E-state index contributed by atoms with van der Waals surface area (Å²) >= 11 is 0. The number of aromatic nitrogens is 2. The number of esters is 1. The number of amides is 1. The van der Waals surface area contributed by atoms with E-state index in [9.17, 15) is 9.59 Å². The number of hydrogen-bond acceptors (Lipinski definition) is 5. The minimum absolute atomic E-state index is 0.111. The lowest BCUT2D eigenvalue weighted by Crippen LogP contribution is -2.33. The Morgan fingerprint density at radius 1 is 1.03 bits per heavy atom. The third kappa shape index (κ3) is 5.61. The highest BCUT2D eigenvalue weighted by molar-refractivity contribution is 6.07. The van der Waals surface area contributed by atoms with E-state index in [1.165, 1.54) is 0 Å². The van der Waals surface area contributed by atoms with Gasteiger partial charge in [-0.2, -0.15) is 5.26 Å². The lowest BCUT2D eigenvalue weighted by Gasteiger charge is -2.22. The van der Waals surface area contributed by atoms with Crippen molar-refractivity contribution in [1.29, 1.82) is 5.26 Å². The third-order valence-electron chi connectivity index (χ3n) is 6.10. The summed E-state index contributed by atoms with van der Waals surface area (Å²) in [6, 6.07) is 24.5. The second kappa shape index (κ2) is 11.3. The molecule has 3 aromatic carbocycles. The predicted octanol–water partition coefficient (Wildman–Crippen LogP) is 4.83. The maximum atomic E-state index is 13.5. The first-order valence-corrected chi connectivity index (χ1v) is 12.0. The monoisotopic (exact) mass is 480 g/mol. The van der Waals surface area contributed by atoms with Crippen molar-refractivity contribution in [3.8, 4) is 6.07 Å². The fourth-order valence-corrected chi connectivity index (χ4v) is 4.16. The van der Waals surface area contributed by atoms with Crippen LogP contribution in [0, 0.1) is 11.3 Å². The Kier molecular flexibility index (Phi) is 7.76. The largest absolute Gasteiger partial charge is 0.466 e. The first-order chi connectivity index (χ1) is 17.5. The van der Waals surface area contributed by atoms with Crippen molar-refractivity contribution in [3.63, 3.8) is 0 Å². The Hall–Kier alpha value is -4.44. The molecule has 0 bridgehead atoms. The van der Waals surface area contributed by atoms with E-state index in [0.29, 0.717) is 17.7 Å². The van der Waals surface area contributed by atoms with Gasteiger partial charge in [0.2, 0.25) is 0 Å². The molecule has 1 amide bonds. The molecule has 0 atom stereocenters. The van der Waals surface area contributed by atoms with Crippen LogP contribution < -0.4 is 4.90 Å². The van der Waals surface area contributed by atoms with Gasteiger partial charge in [-0.3, -0.25) is 9.59 Å². The number of imidazole rings is 1. The Bertz CT molecular complexity index is 1400. The fraction of sp³-hybridized carbons (Fsp3) is 0.241. The van der Waals surface area contributed by atoms with Crippen molar-refractivity contribution in [3.05, 3.63) is 95.3 Å². The summed E-state index contributed by atoms with van der Waals surface area (Å²) < 4.78 is 7.09. The number of hydrogen-bond donors (Lipinski definition) is 0. The van der Waals surface area contributed by atoms with Crippen molar-refractivity contribution in [2.45, 2.75) is 26.2 Å². The van der Waals surface area contributed by atoms with E-state index < -0.39 is 0 Å². The van der Waals surface area contributed by atoms with Crippen LogP contribution in [-0.4, -0.2) is 34.6 Å². The van der Waals surface area contributed by atoms with E-state index in [1.54, 1.807) is 17.9 Å². The minimum Gasteiger partial charge on any atom is -0.466 e. The van der Waals surface area contributed by atoms with Crippen molar-refractivity contribution < 1.29 is 14.3 Å². The van der Waals surface area contributed by atoms with Crippen LogP contribution in [0.2, 0.25) is 0 Å². The number of nitrogens with zero attached hydrogens (tertiary/aromatic N) is 4. The van der Waals surface area contributed by atoms with Crippen LogP contribution in [0.4, 0.5) is 5.69 Å². The van der Waals surface area contributed by atoms with E-state index in [0.717, 1.165) is 41.0 Å². The molecule has 0 aliphatic rings. The molecule has 36 heavy (non-hydrogen) atoms. The zero-order valence-electron chi connectivity index (χ0n) is 20.5. The summed E-state index contributed by atoms with van der Waals surface area (Å²) in [5, 5.41) is 8.98. The average Bonchev–Trinajstić information content (AvgIpc) is 3.23. The zero-order chi connectivity index (χ0) is 25.5. The van der Waals surface area contributed by atoms with Gasteiger partial charge in [-0.1, -0.05) is 30.3 Å². The van der Waals surface area contributed by atoms with Gasteiger partial charge < -0.3 is 14.2 Å². The molecule has 4 aromatic rings. The highest BCUT2D eigenvalue weighted by Gasteiger charge is 2.20. The molecule has 7 nitrogen and oxygen atoms in total. The average molecular weight is 481 g/mol. The highest BCUT2D eigenvalue weighted by atomic mass is 16.5. The Balaban J connectivity index is 1.55. The summed E-state index contributed by atoms with van der Waals surface area (Å²) in [5.41, 5.74) is 4.70. The van der Waals surface area contributed by atoms with E-state index in [-0.39, 0.29) is 24.8 Å². The molecule has 4 rings (SSSR count). The van der Waals surface area contributed by atoms with Crippen LogP contribution in [0.25, 0.3) is 11.0 Å². The molecule has 0 aliphatic carbocycles. The lowest BCUT2D eigenvalue weighted by atomic mass is 10.1. The van der Waals surface area contributed by atoms with Gasteiger partial charge in [0, 0.05) is 31.3 Å². The van der Waals surface area contributed by atoms with Gasteiger partial charge in [-0.15, -0.1) is 0 Å². The number of carbonyl (C=O) groups excluding carboxylic acids is 2. The number of carbonyl (C=O) groups is 2. The summed E-state index contributed by atoms with van der Waals surface area (Å²) in [7, 11) is 1.97. The number of benzene rings is 3. The maximum Gasteiger partial charge on any atom is 0.307 e. The standard InChI is InChI=1S/C29H28N4O3/c1-3-36-28(34)17-18-33(24-7-5-4-6-8-24)29(35)23-14-15-26-25(19-23)31-27(32(26)2)16-13-21-9-11-22(20-30)12-10-21/h4-12,14-15,19H,3,13,16-18H2,1-2H3. The molecule has 0 spiro atoms. The predicted molar refractivity (Wildman–Crippen MR) is 139 cm³/mol. The molecule has 7 heteroatoms. The summed E-state index contributed by atoms with van der Waals surface area (Å²) in [5.74, 6) is 0.386. The fourth-order valence-electron chi connectivity index (χ4n) is 4.16. The van der Waals surface area contributed by atoms with Gasteiger partial charge in [0.1, 0.15) is 5.82 Å². The Morgan fingerprint density at radius 2 is 1.78 bits per heavy atom. The van der Waals surface area contributed by atoms with Crippen molar-refractivity contribution in [2.75, 3.05) is 18.1 Å². The summed E-state index contributed by atoms with van der Waals surface area (Å²) in [4.78, 5) is 31.9. The molecule has 0 fully saturated rings. The van der Waals surface area contributed by atoms with Gasteiger partial charge in [0.25, 0.3) is 5.91 Å². The summed E-state index contributed by atoms with van der Waals surface area (Å²) in [6.45, 7) is 2.29. The topological polar surface area (TPSA) is 88.2 Å². The first kappa shape index (κ1) is 24.7. The molecular formula is C29H28N4O3. The summed E-state index contributed by atoms with van der Waals surface area (Å²) in [6.07, 6.45) is 1.64. The van der Waals surface area contributed by atoms with Crippen molar-refractivity contribution >= 4 is 28.6 Å². The van der Waals surface area contributed by atoms with Gasteiger partial charge in [-0.05, 0) is 61.4 Å². The molecular weight excluding hydrogens is 452 g/mol. The Morgan fingerprint density at radius 3 is 2.47 bits per heavy atom. The number of ether oxygens (including phenoxy) is 1. The molecule has 1 aromatic heterocycles. The number of rotatable bonds is 9. The van der Waals surface area contributed by atoms with Crippen LogP contribution in [0.3, 0.4) is 0 Å². The van der Waals surface area contributed by atoms with Crippen LogP contribution in [0.1, 0.15) is 40.7 Å². The SMILES string of the molecule is CCOC(=O)CCN(C(=O)c1ccc2c(c1)nc(CCc1ccc(C#N)cc1)n2C)c1ccccc1. The number of nitriles is 1. The molecule has 0 aliphatic heterocycles. The molecule has 0 unspecified atom stereocenters. The molecule has 0 radical (unpaired) electrons. The van der Waals surface area contributed by atoms with E-state index >= 15 is 0 Å². The third-order valence-corrected chi connectivity index (χ3v) is 6.10. The van der Waals surface area contributed by atoms with Crippen LogP contribution in [0.5, 0.6) is 0 Å². The molecule has 182 valence electrons. The molecule has 0 saturated heterocycles. The van der Waals surface area contributed by atoms with Crippen LogP contribution in [0.15, 0.2) is 72.8 Å². The smallest absolute Gasteiger partial charge is 0.307 e. The van der Waals surface area contributed by atoms with Crippen LogP contribution in [-0.2, 0) is 29.4 Å². The highest BCUT2D eigenvalue weighted by Crippen LogP contribution is 2.22. The number of para-hydroxylation sites is 1. The Labute approximate surface area is 210 Å². The van der Waals surface area contributed by atoms with Crippen molar-refractivity contribution in [1.82, 2.24) is 9.55 Å². The molecule has 0 saturated carbocycles. The quantitative estimate of drug-likeness (QED) is 0.320. The normalized spacial score (nSPS) is 10.7. The van der Waals surface area contributed by atoms with Crippen LogP contribution >= 0.6 is 0 Å². The zero-order valence-corrected chi connectivity index (χ0v) is 20.5. The van der Waals surface area contributed by atoms with Gasteiger partial charge in [0.15, 0.2) is 0 Å². The molecule has 1 heterocycles. The van der Waals surface area contributed by atoms with E-state index in [1.807, 2.05) is 78.3 Å².